The second kappa shape index (κ2) is 17.3. The molecule has 0 amide bonds. The first-order valence-corrected chi connectivity index (χ1v) is 16.5. The maximum atomic E-state index is 4.47. The topological polar surface area (TPSA) is 53.5 Å². The van der Waals surface area contributed by atoms with E-state index in [-0.39, 0.29) is 20.1 Å². The predicted molar refractivity (Wildman–Crippen MR) is 202 cm³/mol. The fraction of sp³-hybridized carbons (Fsp3) is 0.114. The first-order valence-electron chi connectivity index (χ1n) is 16.5. The number of hydrogen-bond acceptors (Lipinski definition) is 3. The quantitative estimate of drug-likeness (QED) is 0.162. The zero-order chi connectivity index (χ0) is 34.9. The van der Waals surface area contributed by atoms with Crippen LogP contribution in [0.4, 0.5) is 0 Å². The minimum Gasteiger partial charge on any atom is -0.350 e. The van der Waals surface area contributed by atoms with Crippen LogP contribution in [0.25, 0.3) is 50.5 Å². The molecule has 0 saturated heterocycles. The van der Waals surface area contributed by atoms with Gasteiger partial charge in [0, 0.05) is 31.2 Å². The Morgan fingerprint density at radius 3 is 1.39 bits per heavy atom. The standard InChI is InChI=1S/2C16H13N2.C12H13N2.Ir/c2*1-18-11-16(17-12-18)15-10-6-5-9-14(15)13-7-3-2-4-8-13;1-9-10(2)13-14(11(9)3)12-7-5-4-6-8-12;/h2*2-9,11-12H,1H3;4-7H,1-3H3;/q3*-1;+3. The summed E-state index contributed by atoms with van der Waals surface area (Å²) in [6.45, 7) is 6.20. The number of benzene rings is 5. The Labute approximate surface area is 314 Å². The second-order valence-corrected chi connectivity index (χ2v) is 12.0. The van der Waals surface area contributed by atoms with Crippen LogP contribution in [0, 0.1) is 39.0 Å². The molecule has 0 N–H and O–H groups in total. The summed E-state index contributed by atoms with van der Waals surface area (Å²) in [5, 5.41) is 4.47. The Balaban J connectivity index is 0.000000148. The number of nitrogens with zero attached hydrogens (tertiary/aromatic N) is 6. The van der Waals surface area contributed by atoms with E-state index in [0.29, 0.717) is 0 Å². The molecule has 8 aromatic rings. The molecule has 0 aliphatic heterocycles. The van der Waals surface area contributed by atoms with E-state index in [1.54, 1.807) is 0 Å². The number of aryl methyl sites for hydroxylation is 3. The Kier molecular flexibility index (Phi) is 12.5. The summed E-state index contributed by atoms with van der Waals surface area (Å²) in [5.74, 6) is 0. The van der Waals surface area contributed by atoms with Crippen LogP contribution in [-0.2, 0) is 34.2 Å². The molecule has 0 bridgehead atoms. The Bertz CT molecular complexity index is 2150. The van der Waals surface area contributed by atoms with Crippen molar-refractivity contribution < 1.29 is 20.1 Å². The Morgan fingerprint density at radius 2 is 1.00 bits per heavy atom. The maximum absolute atomic E-state index is 4.47. The van der Waals surface area contributed by atoms with Gasteiger partial charge in [-0.05, 0) is 44.4 Å². The first kappa shape index (κ1) is 36.7. The molecular weight excluding hydrogens is 805 g/mol. The molecule has 0 spiro atoms. The SMILES string of the molecule is Cc1nn(-c2[c-]cccc2)c(C)c1C.Cn1cnc(-c2[c-]cccc2-c2ccccc2)c1.Cn1cnc(-c2[c-]cccc2-c2ccccc2)c1.[Ir+3]. The van der Waals surface area contributed by atoms with Crippen molar-refractivity contribution in [3.05, 3.63) is 182 Å². The normalized spacial score (nSPS) is 10.3. The molecule has 0 fully saturated rings. The van der Waals surface area contributed by atoms with E-state index in [0.717, 1.165) is 45.0 Å². The van der Waals surface area contributed by atoms with Crippen LogP contribution in [-0.4, -0.2) is 28.9 Å². The van der Waals surface area contributed by atoms with Gasteiger partial charge in [0.25, 0.3) is 0 Å². The van der Waals surface area contributed by atoms with Crippen molar-refractivity contribution in [1.29, 1.82) is 0 Å². The molecule has 7 heteroatoms. The van der Waals surface area contributed by atoms with E-state index in [1.807, 2.05) is 145 Å². The van der Waals surface area contributed by atoms with E-state index >= 15 is 0 Å². The average molecular weight is 844 g/mol. The van der Waals surface area contributed by atoms with Crippen molar-refractivity contribution in [1.82, 2.24) is 28.9 Å². The summed E-state index contributed by atoms with van der Waals surface area (Å²) < 4.78 is 5.83. The molecule has 51 heavy (non-hydrogen) atoms. The predicted octanol–water partition coefficient (Wildman–Crippen LogP) is 9.70. The largest absolute Gasteiger partial charge is 3.00 e. The molecule has 0 unspecified atom stereocenters. The monoisotopic (exact) mass is 844 g/mol. The average Bonchev–Trinajstić information content (AvgIpc) is 3.88. The maximum Gasteiger partial charge on any atom is 3.00 e. The van der Waals surface area contributed by atoms with Crippen LogP contribution in [0.1, 0.15) is 17.0 Å². The summed E-state index contributed by atoms with van der Waals surface area (Å²) in [4.78, 5) is 8.81. The van der Waals surface area contributed by atoms with Crippen molar-refractivity contribution in [2.24, 2.45) is 14.1 Å². The van der Waals surface area contributed by atoms with E-state index in [9.17, 15) is 0 Å². The van der Waals surface area contributed by atoms with Gasteiger partial charge in [-0.2, -0.15) is 29.4 Å². The van der Waals surface area contributed by atoms with Gasteiger partial charge in [0.15, 0.2) is 0 Å². The fourth-order valence-corrected chi connectivity index (χ4v) is 5.57. The van der Waals surface area contributed by atoms with Crippen LogP contribution in [0.2, 0.25) is 0 Å². The molecule has 0 aliphatic rings. The summed E-state index contributed by atoms with van der Waals surface area (Å²) in [7, 11) is 3.95. The summed E-state index contributed by atoms with van der Waals surface area (Å²) in [6.07, 6.45) is 7.65. The number of hydrogen-bond donors (Lipinski definition) is 0. The molecule has 5 aromatic carbocycles. The van der Waals surface area contributed by atoms with Crippen LogP contribution in [0.15, 0.2) is 146 Å². The first-order chi connectivity index (χ1) is 24.4. The van der Waals surface area contributed by atoms with Crippen LogP contribution in [0.5, 0.6) is 0 Å². The van der Waals surface area contributed by atoms with Gasteiger partial charge in [0.2, 0.25) is 0 Å². The van der Waals surface area contributed by atoms with E-state index in [4.69, 9.17) is 0 Å². The van der Waals surface area contributed by atoms with Crippen molar-refractivity contribution in [2.75, 3.05) is 0 Å². The zero-order valence-electron chi connectivity index (χ0n) is 29.4. The van der Waals surface area contributed by atoms with Crippen LogP contribution >= 0.6 is 0 Å². The Hall–Kier alpha value is -5.62. The van der Waals surface area contributed by atoms with Gasteiger partial charge in [0.1, 0.15) is 0 Å². The van der Waals surface area contributed by atoms with Crippen LogP contribution in [0.3, 0.4) is 0 Å². The minimum absolute atomic E-state index is 0. The summed E-state index contributed by atoms with van der Waals surface area (Å²) >= 11 is 0. The molecule has 0 atom stereocenters. The van der Waals surface area contributed by atoms with Gasteiger partial charge in [-0.15, -0.1) is 65.7 Å². The third kappa shape index (κ3) is 8.95. The van der Waals surface area contributed by atoms with E-state index in [1.165, 1.54) is 22.4 Å². The molecule has 0 saturated carbocycles. The van der Waals surface area contributed by atoms with Crippen molar-refractivity contribution >= 4 is 0 Å². The number of aromatic nitrogens is 6. The second-order valence-electron chi connectivity index (χ2n) is 12.0. The van der Waals surface area contributed by atoms with Gasteiger partial charge in [-0.25, -0.2) is 0 Å². The van der Waals surface area contributed by atoms with Gasteiger partial charge in [-0.1, -0.05) is 82.9 Å². The van der Waals surface area contributed by atoms with Gasteiger partial charge < -0.3 is 9.13 Å². The summed E-state index contributed by atoms with van der Waals surface area (Å²) in [5.41, 5.74) is 13.2. The molecule has 0 aliphatic carbocycles. The summed E-state index contributed by atoms with van der Waals surface area (Å²) in [6, 6.07) is 50.4. The minimum atomic E-state index is 0. The van der Waals surface area contributed by atoms with Gasteiger partial charge >= 0.3 is 20.1 Å². The third-order valence-corrected chi connectivity index (χ3v) is 8.38. The number of imidazole rings is 2. The fourth-order valence-electron chi connectivity index (χ4n) is 5.57. The number of para-hydroxylation sites is 1. The molecule has 254 valence electrons. The van der Waals surface area contributed by atoms with E-state index in [2.05, 4.69) is 83.5 Å². The molecule has 3 heterocycles. The molecule has 6 nitrogen and oxygen atoms in total. The zero-order valence-corrected chi connectivity index (χ0v) is 31.8. The molecular formula is C44H39IrN6. The number of rotatable bonds is 5. The third-order valence-electron chi connectivity index (χ3n) is 8.38. The van der Waals surface area contributed by atoms with Crippen molar-refractivity contribution in [2.45, 2.75) is 20.8 Å². The van der Waals surface area contributed by atoms with E-state index < -0.39 is 0 Å². The smallest absolute Gasteiger partial charge is 0.350 e. The van der Waals surface area contributed by atoms with Crippen LogP contribution < -0.4 is 0 Å². The van der Waals surface area contributed by atoms with Crippen molar-refractivity contribution in [3.8, 4) is 50.5 Å². The molecule has 0 radical (unpaired) electrons. The molecule has 8 rings (SSSR count). The molecule has 3 aromatic heterocycles. The van der Waals surface area contributed by atoms with Crippen molar-refractivity contribution in [3.63, 3.8) is 0 Å². The van der Waals surface area contributed by atoms with Gasteiger partial charge in [-0.3, -0.25) is 14.6 Å². The Morgan fingerprint density at radius 1 is 0.529 bits per heavy atom. The van der Waals surface area contributed by atoms with Gasteiger partial charge in [0.05, 0.1) is 18.3 Å².